The average molecular weight is 237 g/mol. The van der Waals surface area contributed by atoms with E-state index in [-0.39, 0.29) is 0 Å². The van der Waals surface area contributed by atoms with E-state index in [4.69, 9.17) is 0 Å². The summed E-state index contributed by atoms with van der Waals surface area (Å²) in [6, 6.07) is 2.19. The van der Waals surface area contributed by atoms with Crippen molar-refractivity contribution in [3.63, 3.8) is 0 Å². The van der Waals surface area contributed by atoms with Crippen LogP contribution < -0.4 is 0 Å². The van der Waals surface area contributed by atoms with Crippen LogP contribution in [0.2, 0.25) is 0 Å². The summed E-state index contributed by atoms with van der Waals surface area (Å²) in [6.45, 7) is 16.9. The maximum absolute atomic E-state index is 2.76. The Morgan fingerprint density at radius 3 is 1.88 bits per heavy atom. The van der Waals surface area contributed by atoms with Crippen LogP contribution in [0.15, 0.2) is 0 Å². The lowest BCUT2D eigenvalue weighted by Gasteiger charge is -2.64. The van der Waals surface area contributed by atoms with E-state index in [1.807, 2.05) is 0 Å². The summed E-state index contributed by atoms with van der Waals surface area (Å²) in [5, 5.41) is 0. The molecule has 17 heavy (non-hydrogen) atoms. The summed E-state index contributed by atoms with van der Waals surface area (Å²) in [4.78, 5) is 2.76. The third-order valence-electron chi connectivity index (χ3n) is 5.89. The summed E-state index contributed by atoms with van der Waals surface area (Å²) in [5.41, 5.74) is 0.621. The molecular weight excluding hydrogens is 206 g/mol. The van der Waals surface area contributed by atoms with Crippen molar-refractivity contribution in [2.45, 2.75) is 79.4 Å². The van der Waals surface area contributed by atoms with Gasteiger partial charge in [-0.1, -0.05) is 20.8 Å². The van der Waals surface area contributed by atoms with Gasteiger partial charge in [-0.2, -0.15) is 0 Å². The highest BCUT2D eigenvalue weighted by Gasteiger charge is 2.57. The highest BCUT2D eigenvalue weighted by atomic mass is 15.2. The zero-order valence-electron chi connectivity index (χ0n) is 12.8. The fourth-order valence-electron chi connectivity index (χ4n) is 4.88. The second-order valence-corrected chi connectivity index (χ2v) is 7.66. The molecule has 0 radical (unpaired) electrons. The summed E-state index contributed by atoms with van der Waals surface area (Å²) >= 11 is 0. The first kappa shape index (κ1) is 13.4. The minimum Gasteiger partial charge on any atom is -0.295 e. The average Bonchev–Trinajstić information content (AvgIpc) is 2.18. The Morgan fingerprint density at radius 1 is 1.00 bits per heavy atom. The van der Waals surface area contributed by atoms with E-state index < -0.39 is 0 Å². The van der Waals surface area contributed by atoms with Crippen LogP contribution in [0.1, 0.15) is 61.3 Å². The van der Waals surface area contributed by atoms with Gasteiger partial charge in [-0.15, -0.1) is 0 Å². The van der Waals surface area contributed by atoms with Gasteiger partial charge in [-0.3, -0.25) is 4.90 Å². The van der Waals surface area contributed by atoms with Gasteiger partial charge in [0.1, 0.15) is 0 Å². The number of nitrogens with zero attached hydrogens (tertiary/aromatic N) is 1. The molecule has 3 saturated carbocycles. The number of hydrogen-bond donors (Lipinski definition) is 0. The van der Waals surface area contributed by atoms with Crippen molar-refractivity contribution >= 4 is 0 Å². The number of hydrogen-bond acceptors (Lipinski definition) is 1. The molecule has 0 aromatic rings. The van der Waals surface area contributed by atoms with Crippen LogP contribution in [0.5, 0.6) is 0 Å². The molecule has 0 N–H and O–H groups in total. The third kappa shape index (κ3) is 1.95. The second kappa shape index (κ2) is 4.26. The van der Waals surface area contributed by atoms with E-state index in [0.29, 0.717) is 17.5 Å². The van der Waals surface area contributed by atoms with Gasteiger partial charge in [-0.25, -0.2) is 0 Å². The van der Waals surface area contributed by atoms with Gasteiger partial charge in [0.2, 0.25) is 0 Å². The van der Waals surface area contributed by atoms with E-state index in [9.17, 15) is 0 Å². The summed E-state index contributed by atoms with van der Waals surface area (Å²) in [5.74, 6) is 2.82. The molecule has 3 aliphatic rings. The molecule has 0 heterocycles. The van der Waals surface area contributed by atoms with Gasteiger partial charge >= 0.3 is 0 Å². The third-order valence-corrected chi connectivity index (χ3v) is 5.89. The second-order valence-electron chi connectivity index (χ2n) is 7.66. The predicted molar refractivity (Wildman–Crippen MR) is 75.1 cm³/mol. The summed E-state index contributed by atoms with van der Waals surface area (Å²) in [7, 11) is 0. The monoisotopic (exact) mass is 237 g/mol. The van der Waals surface area contributed by atoms with Crippen LogP contribution in [0.25, 0.3) is 0 Å². The molecule has 3 rings (SSSR count). The molecule has 0 amide bonds. The van der Waals surface area contributed by atoms with Crippen molar-refractivity contribution < 1.29 is 0 Å². The minimum absolute atomic E-state index is 0.621. The molecule has 0 spiro atoms. The van der Waals surface area contributed by atoms with Gasteiger partial charge in [0.25, 0.3) is 0 Å². The van der Waals surface area contributed by atoms with E-state index in [0.717, 1.165) is 23.8 Å². The molecule has 0 aromatic carbocycles. The molecule has 1 unspecified atom stereocenters. The van der Waals surface area contributed by atoms with E-state index in [1.54, 1.807) is 0 Å². The molecule has 0 aromatic heterocycles. The zero-order chi connectivity index (χ0) is 13.0. The Balaban J connectivity index is 2.14. The molecule has 2 bridgehead atoms. The Hall–Kier alpha value is -0.0400. The largest absolute Gasteiger partial charge is 0.295 e. The smallest absolute Gasteiger partial charge is 0.0132 e. The molecule has 4 atom stereocenters. The highest BCUT2D eigenvalue weighted by Crippen LogP contribution is 2.62. The van der Waals surface area contributed by atoms with Crippen LogP contribution in [0.3, 0.4) is 0 Å². The lowest BCUT2D eigenvalue weighted by molar-refractivity contribution is -0.147. The van der Waals surface area contributed by atoms with Crippen molar-refractivity contribution in [2.24, 2.45) is 23.2 Å². The quantitative estimate of drug-likeness (QED) is 0.712. The SMILES string of the molecule is CC(C)N(C(C)C)[C@@H]1CC2C[C@H]([C@H]1C)C2(C)C. The molecule has 1 heteroatoms. The lowest BCUT2D eigenvalue weighted by atomic mass is 9.44. The van der Waals surface area contributed by atoms with Crippen LogP contribution in [-0.4, -0.2) is 23.0 Å². The topological polar surface area (TPSA) is 3.24 Å². The van der Waals surface area contributed by atoms with Gasteiger partial charge in [-0.05, 0) is 63.7 Å². The first-order valence-corrected chi connectivity index (χ1v) is 7.54. The van der Waals surface area contributed by atoms with Crippen molar-refractivity contribution in [1.29, 1.82) is 0 Å². The van der Waals surface area contributed by atoms with Gasteiger partial charge in [0, 0.05) is 18.1 Å². The molecule has 3 fully saturated rings. The number of fused-ring (bicyclic) bond motifs is 2. The van der Waals surface area contributed by atoms with E-state index in [2.05, 4.69) is 53.4 Å². The summed E-state index contributed by atoms with van der Waals surface area (Å²) in [6.07, 6.45) is 2.93. The molecule has 0 aliphatic heterocycles. The molecule has 0 saturated heterocycles. The fourth-order valence-corrected chi connectivity index (χ4v) is 4.88. The molecule has 100 valence electrons. The highest BCUT2D eigenvalue weighted by molar-refractivity contribution is 5.07. The first-order chi connectivity index (χ1) is 7.76. The summed E-state index contributed by atoms with van der Waals surface area (Å²) < 4.78 is 0. The number of rotatable bonds is 3. The van der Waals surface area contributed by atoms with Crippen LogP contribution in [0, 0.1) is 23.2 Å². The van der Waals surface area contributed by atoms with Crippen LogP contribution in [-0.2, 0) is 0 Å². The maximum atomic E-state index is 2.76. The van der Waals surface area contributed by atoms with Crippen molar-refractivity contribution in [3.8, 4) is 0 Å². The molecular formula is C16H31N. The van der Waals surface area contributed by atoms with Gasteiger partial charge < -0.3 is 0 Å². The van der Waals surface area contributed by atoms with Crippen LogP contribution in [0.4, 0.5) is 0 Å². The maximum Gasteiger partial charge on any atom is 0.0132 e. The van der Waals surface area contributed by atoms with Gasteiger partial charge in [0.15, 0.2) is 0 Å². The van der Waals surface area contributed by atoms with Gasteiger partial charge in [0.05, 0.1) is 0 Å². The Bertz CT molecular complexity index is 271. The van der Waals surface area contributed by atoms with Crippen molar-refractivity contribution in [2.75, 3.05) is 0 Å². The Labute approximate surface area is 108 Å². The van der Waals surface area contributed by atoms with Crippen molar-refractivity contribution in [1.82, 2.24) is 4.90 Å². The molecule has 3 aliphatic carbocycles. The molecule has 1 nitrogen and oxygen atoms in total. The standard InChI is InChI=1S/C16H31N/c1-10(2)17(11(3)4)15-9-13-8-14(12(15)5)16(13,6)7/h10-15H,8-9H2,1-7H3/t12-,13?,14-,15-/m1/s1. The Kier molecular flexibility index (Phi) is 3.36. The minimum atomic E-state index is 0.621. The first-order valence-electron chi connectivity index (χ1n) is 7.54. The Morgan fingerprint density at radius 2 is 1.53 bits per heavy atom. The fraction of sp³-hybridized carbons (Fsp3) is 1.00. The van der Waals surface area contributed by atoms with Crippen LogP contribution >= 0.6 is 0 Å². The van der Waals surface area contributed by atoms with Crippen molar-refractivity contribution in [3.05, 3.63) is 0 Å². The zero-order valence-corrected chi connectivity index (χ0v) is 12.8. The predicted octanol–water partition coefficient (Wildman–Crippen LogP) is 4.18. The van der Waals surface area contributed by atoms with E-state index in [1.165, 1.54) is 12.8 Å². The van der Waals surface area contributed by atoms with E-state index >= 15 is 0 Å². The normalized spacial score (nSPS) is 39.9. The lowest BCUT2D eigenvalue weighted by Crippen LogP contribution is -2.62.